The van der Waals surface area contributed by atoms with Gasteiger partial charge in [-0.1, -0.05) is 23.2 Å². The van der Waals surface area contributed by atoms with Crippen molar-refractivity contribution in [1.82, 2.24) is 4.90 Å². The Labute approximate surface area is 132 Å². The summed E-state index contributed by atoms with van der Waals surface area (Å²) in [5.41, 5.74) is 1.10. The molecule has 0 radical (unpaired) electrons. The molecule has 0 unspecified atom stereocenters. The van der Waals surface area contributed by atoms with Gasteiger partial charge in [-0.05, 0) is 37.5 Å². The molecule has 0 saturated carbocycles. The molecule has 1 heterocycles. The molecule has 2 rings (SSSR count). The van der Waals surface area contributed by atoms with Crippen LogP contribution in [-0.2, 0) is 9.59 Å². The van der Waals surface area contributed by atoms with Crippen LogP contribution in [0.3, 0.4) is 0 Å². The van der Waals surface area contributed by atoms with E-state index in [1.165, 1.54) is 4.90 Å². The van der Waals surface area contributed by atoms with Crippen molar-refractivity contribution in [2.24, 2.45) is 0 Å². The molecule has 1 aromatic rings. The number of carbonyl (C=O) groups is 2. The second-order valence-electron chi connectivity index (χ2n) is 5.04. The zero-order chi connectivity index (χ0) is 15.6. The van der Waals surface area contributed by atoms with Gasteiger partial charge in [0, 0.05) is 28.8 Å². The molecule has 0 aromatic heterocycles. The Morgan fingerprint density at radius 2 is 1.76 bits per heavy atom. The molecule has 0 atom stereocenters. The predicted octanol–water partition coefficient (Wildman–Crippen LogP) is 2.22. The van der Waals surface area contributed by atoms with Crippen molar-refractivity contribution in [2.75, 3.05) is 18.4 Å². The van der Waals surface area contributed by atoms with Crippen LogP contribution in [0.2, 0.25) is 10.0 Å². The maximum Gasteiger partial charge on any atom is 0.313 e. The molecule has 2 N–H and O–H groups in total. The van der Waals surface area contributed by atoms with Crippen molar-refractivity contribution in [3.8, 4) is 0 Å². The third-order valence-electron chi connectivity index (χ3n) is 3.48. The Hall–Kier alpha value is -1.30. The standard InChI is InChI=1S/C14H16Cl2N2O3/c1-8-11(15)6-9(7-12(8)16)17-13(20)14(21)18-4-2-10(19)3-5-18/h6-7,10,19H,2-5H2,1H3,(H,17,20). The lowest BCUT2D eigenvalue weighted by Crippen LogP contribution is -2.45. The quantitative estimate of drug-likeness (QED) is 0.776. The van der Waals surface area contributed by atoms with Crippen LogP contribution in [0.1, 0.15) is 18.4 Å². The summed E-state index contributed by atoms with van der Waals surface area (Å²) in [7, 11) is 0. The number of rotatable bonds is 1. The fraction of sp³-hybridized carbons (Fsp3) is 0.429. The largest absolute Gasteiger partial charge is 0.393 e. The molecular weight excluding hydrogens is 315 g/mol. The third-order valence-corrected chi connectivity index (χ3v) is 4.27. The lowest BCUT2D eigenvalue weighted by Gasteiger charge is -2.28. The molecule has 5 nitrogen and oxygen atoms in total. The van der Waals surface area contributed by atoms with Crippen LogP contribution in [0.25, 0.3) is 0 Å². The lowest BCUT2D eigenvalue weighted by molar-refractivity contribution is -0.144. The van der Waals surface area contributed by atoms with Crippen LogP contribution in [-0.4, -0.2) is 41.0 Å². The first-order chi connectivity index (χ1) is 9.88. The minimum Gasteiger partial charge on any atom is -0.393 e. The zero-order valence-corrected chi connectivity index (χ0v) is 13.0. The van der Waals surface area contributed by atoms with Crippen molar-refractivity contribution in [2.45, 2.75) is 25.9 Å². The van der Waals surface area contributed by atoms with E-state index in [9.17, 15) is 14.7 Å². The molecule has 1 saturated heterocycles. The summed E-state index contributed by atoms with van der Waals surface area (Å²) in [6.07, 6.45) is 0.578. The summed E-state index contributed by atoms with van der Waals surface area (Å²) < 4.78 is 0. The van der Waals surface area contributed by atoms with Gasteiger partial charge in [-0.3, -0.25) is 9.59 Å². The number of hydrogen-bond donors (Lipinski definition) is 2. The van der Waals surface area contributed by atoms with E-state index in [4.69, 9.17) is 23.2 Å². The van der Waals surface area contributed by atoms with Gasteiger partial charge in [0.15, 0.2) is 0 Å². The maximum atomic E-state index is 12.0. The molecule has 0 bridgehead atoms. The molecule has 114 valence electrons. The van der Waals surface area contributed by atoms with Gasteiger partial charge in [0.2, 0.25) is 0 Å². The average molecular weight is 331 g/mol. The Morgan fingerprint density at radius 1 is 1.24 bits per heavy atom. The molecule has 1 aromatic carbocycles. The number of aliphatic hydroxyl groups is 1. The van der Waals surface area contributed by atoms with Crippen LogP contribution in [0.5, 0.6) is 0 Å². The maximum absolute atomic E-state index is 12.0. The van der Waals surface area contributed by atoms with Crippen molar-refractivity contribution < 1.29 is 14.7 Å². The third kappa shape index (κ3) is 3.87. The second-order valence-corrected chi connectivity index (χ2v) is 5.86. The lowest BCUT2D eigenvalue weighted by atomic mass is 10.1. The number of halogens is 2. The fourth-order valence-electron chi connectivity index (χ4n) is 2.11. The summed E-state index contributed by atoms with van der Waals surface area (Å²) in [6, 6.07) is 3.10. The fourth-order valence-corrected chi connectivity index (χ4v) is 2.60. The van der Waals surface area contributed by atoms with E-state index in [1.54, 1.807) is 19.1 Å². The predicted molar refractivity (Wildman–Crippen MR) is 81.6 cm³/mol. The Balaban J connectivity index is 2.02. The average Bonchev–Trinajstić information content (AvgIpc) is 2.44. The van der Waals surface area contributed by atoms with Crippen molar-refractivity contribution in [1.29, 1.82) is 0 Å². The highest BCUT2D eigenvalue weighted by atomic mass is 35.5. The van der Waals surface area contributed by atoms with Gasteiger partial charge in [0.1, 0.15) is 0 Å². The molecule has 0 aliphatic carbocycles. The van der Waals surface area contributed by atoms with Crippen LogP contribution < -0.4 is 5.32 Å². The number of carbonyl (C=O) groups excluding carboxylic acids is 2. The SMILES string of the molecule is Cc1c(Cl)cc(NC(=O)C(=O)N2CCC(O)CC2)cc1Cl. The van der Waals surface area contributed by atoms with Crippen LogP contribution in [0, 0.1) is 6.92 Å². The molecule has 1 fully saturated rings. The zero-order valence-electron chi connectivity index (χ0n) is 11.5. The highest BCUT2D eigenvalue weighted by Gasteiger charge is 2.26. The van der Waals surface area contributed by atoms with E-state index < -0.39 is 17.9 Å². The summed E-state index contributed by atoms with van der Waals surface area (Å²) >= 11 is 12.0. The minimum absolute atomic E-state index is 0.378. The Bertz CT molecular complexity index is 546. The van der Waals surface area contributed by atoms with Gasteiger partial charge < -0.3 is 15.3 Å². The van der Waals surface area contributed by atoms with Crippen molar-refractivity contribution in [3.63, 3.8) is 0 Å². The van der Waals surface area contributed by atoms with E-state index in [0.29, 0.717) is 47.2 Å². The summed E-state index contributed by atoms with van der Waals surface area (Å²) in [5.74, 6) is -1.35. The van der Waals surface area contributed by atoms with Gasteiger partial charge in [-0.25, -0.2) is 0 Å². The first kappa shape index (κ1) is 16.1. The number of benzene rings is 1. The van der Waals surface area contributed by atoms with E-state index in [-0.39, 0.29) is 0 Å². The summed E-state index contributed by atoms with van der Waals surface area (Å²) in [5, 5.41) is 12.7. The molecular formula is C14H16Cl2N2O3. The van der Waals surface area contributed by atoms with Crippen molar-refractivity contribution in [3.05, 3.63) is 27.7 Å². The number of amides is 2. The van der Waals surface area contributed by atoms with Crippen molar-refractivity contribution >= 4 is 40.7 Å². The molecule has 21 heavy (non-hydrogen) atoms. The Morgan fingerprint density at radius 3 is 2.29 bits per heavy atom. The summed E-state index contributed by atoms with van der Waals surface area (Å²) in [4.78, 5) is 25.4. The van der Waals surface area contributed by atoms with Gasteiger partial charge in [-0.2, -0.15) is 0 Å². The molecule has 1 aliphatic rings. The van der Waals surface area contributed by atoms with Crippen LogP contribution >= 0.6 is 23.2 Å². The smallest absolute Gasteiger partial charge is 0.313 e. The Kier molecular flexibility index (Phi) is 5.08. The van der Waals surface area contributed by atoms with E-state index in [2.05, 4.69) is 5.32 Å². The van der Waals surface area contributed by atoms with Gasteiger partial charge in [0.25, 0.3) is 0 Å². The molecule has 7 heteroatoms. The first-order valence-corrected chi connectivity index (χ1v) is 7.38. The number of piperidine rings is 1. The number of nitrogens with one attached hydrogen (secondary N) is 1. The molecule has 2 amide bonds. The highest BCUT2D eigenvalue weighted by Crippen LogP contribution is 2.28. The monoisotopic (exact) mass is 330 g/mol. The molecule has 0 spiro atoms. The van der Waals surface area contributed by atoms with E-state index >= 15 is 0 Å². The number of hydrogen-bond acceptors (Lipinski definition) is 3. The van der Waals surface area contributed by atoms with Crippen LogP contribution in [0.15, 0.2) is 12.1 Å². The second kappa shape index (κ2) is 6.64. The van der Waals surface area contributed by atoms with Gasteiger partial charge in [0.05, 0.1) is 6.10 Å². The normalized spacial score (nSPS) is 15.9. The minimum atomic E-state index is -0.734. The topological polar surface area (TPSA) is 69.6 Å². The number of aliphatic hydroxyl groups excluding tert-OH is 1. The summed E-state index contributed by atoms with van der Waals surface area (Å²) in [6.45, 7) is 2.52. The van der Waals surface area contributed by atoms with E-state index in [0.717, 1.165) is 0 Å². The highest BCUT2D eigenvalue weighted by molar-refractivity contribution is 6.40. The van der Waals surface area contributed by atoms with Crippen LogP contribution in [0.4, 0.5) is 5.69 Å². The number of anilines is 1. The molecule has 1 aliphatic heterocycles. The van der Waals surface area contributed by atoms with E-state index in [1.807, 2.05) is 0 Å². The number of nitrogens with zero attached hydrogens (tertiary/aromatic N) is 1. The van der Waals surface area contributed by atoms with Gasteiger partial charge >= 0.3 is 11.8 Å². The number of likely N-dealkylation sites (tertiary alicyclic amines) is 1. The first-order valence-electron chi connectivity index (χ1n) is 6.62. The van der Waals surface area contributed by atoms with Gasteiger partial charge in [-0.15, -0.1) is 0 Å².